The van der Waals surface area contributed by atoms with Crippen molar-refractivity contribution in [3.05, 3.63) is 24.4 Å². The Bertz CT molecular complexity index is 752. The highest BCUT2D eigenvalue weighted by Gasteiger charge is 2.24. The third-order valence-corrected chi connectivity index (χ3v) is 3.20. The minimum atomic E-state index is -0.975. The molecule has 21 heavy (non-hydrogen) atoms. The summed E-state index contributed by atoms with van der Waals surface area (Å²) in [5, 5.41) is 15.9. The van der Waals surface area contributed by atoms with Gasteiger partial charge in [-0.05, 0) is 18.2 Å². The number of amides is 3. The van der Waals surface area contributed by atoms with Crippen LogP contribution in [-0.4, -0.2) is 39.3 Å². The minimum absolute atomic E-state index is 0.220. The van der Waals surface area contributed by atoms with Gasteiger partial charge >= 0.3 is 12.0 Å². The fourth-order valence-electron chi connectivity index (χ4n) is 2.26. The molecule has 1 fully saturated rings. The Hall–Kier alpha value is -2.90. The number of benzene rings is 1. The van der Waals surface area contributed by atoms with Gasteiger partial charge in [-0.3, -0.25) is 24.5 Å². The molecule has 0 unspecified atom stereocenters. The Balaban J connectivity index is 1.91. The number of anilines is 1. The van der Waals surface area contributed by atoms with Crippen LogP contribution in [0.4, 0.5) is 10.5 Å². The van der Waals surface area contributed by atoms with Crippen LogP contribution in [0.5, 0.6) is 0 Å². The predicted octanol–water partition coefficient (Wildman–Crippen LogP) is 0.567. The summed E-state index contributed by atoms with van der Waals surface area (Å²) in [7, 11) is 0. The number of imide groups is 1. The second kappa shape index (κ2) is 4.89. The molecule has 0 spiro atoms. The van der Waals surface area contributed by atoms with Gasteiger partial charge in [-0.15, -0.1) is 0 Å². The second-order valence-electron chi connectivity index (χ2n) is 4.72. The van der Waals surface area contributed by atoms with E-state index >= 15 is 0 Å². The van der Waals surface area contributed by atoms with Crippen LogP contribution in [0.3, 0.4) is 0 Å². The van der Waals surface area contributed by atoms with Crippen LogP contribution in [0.25, 0.3) is 10.9 Å². The highest BCUT2D eigenvalue weighted by atomic mass is 16.4. The molecule has 2 N–H and O–H groups in total. The van der Waals surface area contributed by atoms with Gasteiger partial charge in [0, 0.05) is 30.2 Å². The molecule has 8 nitrogen and oxygen atoms in total. The number of rotatable bonds is 3. The van der Waals surface area contributed by atoms with Crippen molar-refractivity contribution in [3.8, 4) is 0 Å². The molecule has 1 aliphatic rings. The van der Waals surface area contributed by atoms with Crippen molar-refractivity contribution in [2.24, 2.45) is 0 Å². The van der Waals surface area contributed by atoms with E-state index in [0.717, 1.165) is 5.39 Å². The zero-order chi connectivity index (χ0) is 15.0. The fraction of sp³-hybridized carbons (Fsp3) is 0.231. The molecule has 0 radical (unpaired) electrons. The highest BCUT2D eigenvalue weighted by molar-refractivity contribution is 6.06. The first-order valence-electron chi connectivity index (χ1n) is 6.33. The number of hydrogen-bond donors (Lipinski definition) is 2. The lowest BCUT2D eigenvalue weighted by atomic mass is 10.2. The maximum atomic E-state index is 11.8. The minimum Gasteiger partial charge on any atom is -0.480 e. The van der Waals surface area contributed by atoms with Gasteiger partial charge in [0.05, 0.1) is 5.52 Å². The predicted molar refractivity (Wildman–Crippen MR) is 72.9 cm³/mol. The Morgan fingerprint density at radius 3 is 2.90 bits per heavy atom. The standard InChI is InChI=1S/C13H12N4O4/c18-11-3-4-17(13(21)14-11)9-1-2-10-8(5-9)6-16(15-10)7-12(19)20/h1-2,5-6H,3-4,7H2,(H,19,20)(H,14,18,21). The zero-order valence-corrected chi connectivity index (χ0v) is 10.9. The number of hydrogen-bond acceptors (Lipinski definition) is 4. The number of fused-ring (bicyclic) bond motifs is 1. The first kappa shape index (κ1) is 13.1. The van der Waals surface area contributed by atoms with Crippen molar-refractivity contribution >= 4 is 34.5 Å². The maximum absolute atomic E-state index is 11.8. The van der Waals surface area contributed by atoms with E-state index in [0.29, 0.717) is 17.7 Å². The van der Waals surface area contributed by atoms with Crippen LogP contribution in [0.2, 0.25) is 0 Å². The molecule has 2 heterocycles. The molecular formula is C13H12N4O4. The van der Waals surface area contributed by atoms with Crippen molar-refractivity contribution in [1.29, 1.82) is 0 Å². The van der Waals surface area contributed by atoms with Crippen LogP contribution >= 0.6 is 0 Å². The summed E-state index contributed by atoms with van der Waals surface area (Å²) in [5.41, 5.74) is 1.29. The third-order valence-electron chi connectivity index (χ3n) is 3.20. The van der Waals surface area contributed by atoms with Crippen molar-refractivity contribution in [2.45, 2.75) is 13.0 Å². The van der Waals surface area contributed by atoms with E-state index in [2.05, 4.69) is 10.4 Å². The molecule has 8 heteroatoms. The van der Waals surface area contributed by atoms with Crippen LogP contribution in [0, 0.1) is 0 Å². The first-order valence-corrected chi connectivity index (χ1v) is 6.33. The van der Waals surface area contributed by atoms with Crippen LogP contribution in [-0.2, 0) is 16.1 Å². The molecule has 0 bridgehead atoms. The van der Waals surface area contributed by atoms with E-state index in [9.17, 15) is 14.4 Å². The topological polar surface area (TPSA) is 105 Å². The number of nitrogens with one attached hydrogen (secondary N) is 1. The maximum Gasteiger partial charge on any atom is 0.328 e. The molecular weight excluding hydrogens is 276 g/mol. The molecule has 2 aromatic rings. The number of aliphatic carboxylic acids is 1. The van der Waals surface area contributed by atoms with Gasteiger partial charge in [0.2, 0.25) is 5.91 Å². The Labute approximate surface area is 118 Å². The van der Waals surface area contributed by atoms with Gasteiger partial charge in [0.15, 0.2) is 0 Å². The summed E-state index contributed by atoms with van der Waals surface area (Å²) in [4.78, 5) is 35.1. The van der Waals surface area contributed by atoms with Gasteiger partial charge in [0.1, 0.15) is 6.54 Å². The van der Waals surface area contributed by atoms with E-state index in [-0.39, 0.29) is 18.9 Å². The molecule has 1 aromatic carbocycles. The lowest BCUT2D eigenvalue weighted by molar-refractivity contribution is -0.137. The van der Waals surface area contributed by atoms with Gasteiger partial charge in [-0.2, -0.15) is 5.10 Å². The molecule has 3 rings (SSSR count). The fourth-order valence-corrected chi connectivity index (χ4v) is 2.26. The monoisotopic (exact) mass is 288 g/mol. The van der Waals surface area contributed by atoms with Gasteiger partial charge in [0.25, 0.3) is 0 Å². The van der Waals surface area contributed by atoms with Crippen LogP contribution in [0.15, 0.2) is 24.4 Å². The third kappa shape index (κ3) is 2.55. The first-order chi connectivity index (χ1) is 10.0. The number of carbonyl (C=O) groups is 3. The van der Waals surface area contributed by atoms with Crippen molar-refractivity contribution < 1.29 is 19.5 Å². The summed E-state index contributed by atoms with van der Waals surface area (Å²) in [6, 6.07) is 4.72. The molecule has 1 aromatic heterocycles. The molecule has 1 saturated heterocycles. The van der Waals surface area contributed by atoms with Gasteiger partial charge in [-0.1, -0.05) is 0 Å². The number of nitrogens with zero attached hydrogens (tertiary/aromatic N) is 3. The van der Waals surface area contributed by atoms with Crippen molar-refractivity contribution in [1.82, 2.24) is 15.1 Å². The number of carbonyl (C=O) groups excluding carboxylic acids is 2. The largest absolute Gasteiger partial charge is 0.480 e. The highest BCUT2D eigenvalue weighted by Crippen LogP contribution is 2.22. The zero-order valence-electron chi connectivity index (χ0n) is 10.9. The molecule has 1 aliphatic heterocycles. The van der Waals surface area contributed by atoms with E-state index in [4.69, 9.17) is 5.11 Å². The molecule has 0 atom stereocenters. The molecule has 108 valence electrons. The number of aromatic nitrogens is 2. The smallest absolute Gasteiger partial charge is 0.328 e. The van der Waals surface area contributed by atoms with Crippen molar-refractivity contribution in [2.75, 3.05) is 11.4 Å². The average Bonchev–Trinajstić information content (AvgIpc) is 2.78. The van der Waals surface area contributed by atoms with E-state index in [1.165, 1.54) is 9.58 Å². The Kier molecular flexibility index (Phi) is 3.05. The summed E-state index contributed by atoms with van der Waals surface area (Å²) >= 11 is 0. The van der Waals surface area contributed by atoms with Gasteiger partial charge < -0.3 is 5.11 Å². The van der Waals surface area contributed by atoms with Crippen molar-refractivity contribution in [3.63, 3.8) is 0 Å². The van der Waals surface area contributed by atoms with E-state index in [1.54, 1.807) is 24.4 Å². The quantitative estimate of drug-likeness (QED) is 0.859. The summed E-state index contributed by atoms with van der Waals surface area (Å²) < 4.78 is 1.33. The summed E-state index contributed by atoms with van der Waals surface area (Å²) in [6.07, 6.45) is 1.86. The van der Waals surface area contributed by atoms with E-state index < -0.39 is 12.0 Å². The van der Waals surface area contributed by atoms with E-state index in [1.807, 2.05) is 0 Å². The normalized spacial score (nSPS) is 15.3. The SMILES string of the molecule is O=C(O)Cn1cc2cc(N3CCC(=O)NC3=O)ccc2n1. The molecule has 3 amide bonds. The Morgan fingerprint density at radius 2 is 2.19 bits per heavy atom. The number of carboxylic acids is 1. The Morgan fingerprint density at radius 1 is 1.38 bits per heavy atom. The molecule has 0 saturated carbocycles. The average molecular weight is 288 g/mol. The second-order valence-corrected chi connectivity index (χ2v) is 4.72. The lowest BCUT2D eigenvalue weighted by Gasteiger charge is -2.26. The summed E-state index contributed by atoms with van der Waals surface area (Å²) in [6.45, 7) is 0.0994. The van der Waals surface area contributed by atoms with Gasteiger partial charge in [-0.25, -0.2) is 4.79 Å². The van der Waals surface area contributed by atoms with Crippen LogP contribution < -0.4 is 10.2 Å². The molecule has 0 aliphatic carbocycles. The lowest BCUT2D eigenvalue weighted by Crippen LogP contribution is -2.49. The summed E-state index contributed by atoms with van der Waals surface area (Å²) in [5.74, 6) is -1.26. The number of urea groups is 1. The van der Waals surface area contributed by atoms with Crippen LogP contribution in [0.1, 0.15) is 6.42 Å². The number of carboxylic acid groups (broad SMARTS) is 1.